The molecule has 1 aromatic carbocycles. The van der Waals surface area contributed by atoms with Gasteiger partial charge in [0.25, 0.3) is 0 Å². The summed E-state index contributed by atoms with van der Waals surface area (Å²) in [6.07, 6.45) is 2.19. The summed E-state index contributed by atoms with van der Waals surface area (Å²) in [5.41, 5.74) is 7.17. The van der Waals surface area contributed by atoms with Gasteiger partial charge in [-0.1, -0.05) is 12.1 Å². The van der Waals surface area contributed by atoms with E-state index in [-0.39, 0.29) is 72.0 Å². The van der Waals surface area contributed by atoms with Gasteiger partial charge >= 0.3 is 23.9 Å². The van der Waals surface area contributed by atoms with E-state index in [0.29, 0.717) is 24.6 Å². The van der Waals surface area contributed by atoms with E-state index < -0.39 is 29.9 Å². The molecule has 2 rings (SSSR count). The van der Waals surface area contributed by atoms with Crippen molar-refractivity contribution >= 4 is 46.9 Å². The Bertz CT molecular complexity index is 1090. The summed E-state index contributed by atoms with van der Waals surface area (Å²) < 4.78 is 0. The van der Waals surface area contributed by atoms with E-state index in [2.05, 4.69) is 10.6 Å². The maximum absolute atomic E-state index is 11.9. The SMILES string of the molecule is NCCCCNC(=S)Nc1ccc(CC2CN(CC(=O)O)CCN(CC(=O)O)CCN(CC(=O)O)CCN2CC(=O)O)cc1. The van der Waals surface area contributed by atoms with E-state index in [0.717, 1.165) is 24.1 Å². The van der Waals surface area contributed by atoms with Gasteiger partial charge in [0.15, 0.2) is 5.11 Å². The van der Waals surface area contributed by atoms with Crippen LogP contribution in [0.25, 0.3) is 0 Å². The van der Waals surface area contributed by atoms with Crippen LogP contribution >= 0.6 is 12.2 Å². The molecule has 16 heteroatoms. The number of aliphatic carboxylic acids is 4. The molecular weight excluding hydrogens is 594 g/mol. The average molecular weight is 640 g/mol. The number of rotatable bonds is 15. The molecule has 15 nitrogen and oxygen atoms in total. The molecule has 1 atom stereocenters. The number of nitrogens with zero attached hydrogens (tertiary/aromatic N) is 4. The molecule has 1 unspecified atom stereocenters. The molecule has 0 aromatic heterocycles. The van der Waals surface area contributed by atoms with Gasteiger partial charge in [0.2, 0.25) is 0 Å². The van der Waals surface area contributed by atoms with Crippen LogP contribution in [0.1, 0.15) is 18.4 Å². The first kappa shape index (κ1) is 36.8. The third kappa shape index (κ3) is 15.4. The molecule has 1 saturated heterocycles. The van der Waals surface area contributed by atoms with Crippen molar-refractivity contribution in [3.63, 3.8) is 0 Å². The number of carbonyl (C=O) groups is 4. The Balaban J connectivity index is 2.30. The number of anilines is 1. The lowest BCUT2D eigenvalue weighted by atomic mass is 10.0. The summed E-state index contributed by atoms with van der Waals surface area (Å²) in [4.78, 5) is 53.4. The van der Waals surface area contributed by atoms with Crippen LogP contribution in [-0.4, -0.2) is 160 Å². The molecule has 0 aliphatic carbocycles. The monoisotopic (exact) mass is 639 g/mol. The van der Waals surface area contributed by atoms with Crippen LogP contribution in [0, 0.1) is 0 Å². The zero-order valence-electron chi connectivity index (χ0n) is 24.9. The molecule has 246 valence electrons. The third-order valence-electron chi connectivity index (χ3n) is 7.17. The van der Waals surface area contributed by atoms with Crippen LogP contribution in [0.4, 0.5) is 5.69 Å². The second kappa shape index (κ2) is 19.8. The lowest BCUT2D eigenvalue weighted by Gasteiger charge is -2.37. The van der Waals surface area contributed by atoms with Gasteiger partial charge in [0, 0.05) is 64.1 Å². The van der Waals surface area contributed by atoms with E-state index >= 15 is 0 Å². The highest BCUT2D eigenvalue weighted by Crippen LogP contribution is 2.16. The van der Waals surface area contributed by atoms with Crippen molar-refractivity contribution in [3.05, 3.63) is 29.8 Å². The Hall–Kier alpha value is -3.41. The fourth-order valence-electron chi connectivity index (χ4n) is 5.00. The Morgan fingerprint density at radius 2 is 1.25 bits per heavy atom. The largest absolute Gasteiger partial charge is 0.480 e. The number of carboxylic acid groups (broad SMARTS) is 4. The molecule has 0 radical (unpaired) electrons. The lowest BCUT2D eigenvalue weighted by Crippen LogP contribution is -2.53. The second-order valence-electron chi connectivity index (χ2n) is 10.8. The summed E-state index contributed by atoms with van der Waals surface area (Å²) in [7, 11) is 0. The standard InChI is InChI=1S/C28H45N7O8S/c29-7-1-2-8-30-28(44)31-22-5-3-21(4-6-22)15-23-16-34(19-26(40)41)12-11-32(17-24(36)37)9-10-33(18-25(38)39)13-14-35(23)20-27(42)43/h3-6,23H,1-2,7-20,29H2,(H,36,37)(H,38,39)(H,40,41)(H,42,43)(H2,30,31,44). The molecule has 0 amide bonds. The Morgan fingerprint density at radius 1 is 0.750 bits per heavy atom. The molecule has 0 spiro atoms. The molecule has 1 aromatic rings. The van der Waals surface area contributed by atoms with Crippen molar-refractivity contribution in [3.8, 4) is 0 Å². The van der Waals surface area contributed by atoms with Crippen LogP contribution in [0.3, 0.4) is 0 Å². The van der Waals surface area contributed by atoms with Crippen molar-refractivity contribution in [2.45, 2.75) is 25.3 Å². The number of thiocarbonyl (C=S) groups is 1. The topological polar surface area (TPSA) is 212 Å². The summed E-state index contributed by atoms with van der Waals surface area (Å²) in [5, 5.41) is 44.9. The van der Waals surface area contributed by atoms with E-state index in [9.17, 15) is 39.6 Å². The Kier molecular flexibility index (Phi) is 16.5. The van der Waals surface area contributed by atoms with Gasteiger partial charge in [-0.15, -0.1) is 0 Å². The van der Waals surface area contributed by atoms with Crippen molar-refractivity contribution in [2.75, 3.05) is 90.4 Å². The molecule has 1 fully saturated rings. The third-order valence-corrected chi connectivity index (χ3v) is 7.41. The van der Waals surface area contributed by atoms with Gasteiger partial charge in [0.1, 0.15) is 0 Å². The highest BCUT2D eigenvalue weighted by Gasteiger charge is 2.27. The smallest absolute Gasteiger partial charge is 0.317 e. The normalized spacial score (nSPS) is 18.1. The van der Waals surface area contributed by atoms with Gasteiger partial charge < -0.3 is 36.8 Å². The first-order valence-corrected chi connectivity index (χ1v) is 15.0. The van der Waals surface area contributed by atoms with E-state index in [1.54, 1.807) is 19.6 Å². The molecule has 0 saturated carbocycles. The zero-order valence-corrected chi connectivity index (χ0v) is 25.7. The zero-order chi connectivity index (χ0) is 32.5. The minimum Gasteiger partial charge on any atom is -0.480 e. The Labute approximate surface area is 262 Å². The first-order chi connectivity index (χ1) is 20.9. The maximum atomic E-state index is 11.9. The molecule has 1 heterocycles. The number of unbranched alkanes of at least 4 members (excludes halogenated alkanes) is 1. The molecular formula is C28H45N7O8S. The molecule has 1 aliphatic heterocycles. The number of benzene rings is 1. The fourth-order valence-corrected chi connectivity index (χ4v) is 5.22. The van der Waals surface area contributed by atoms with Crippen LogP contribution in [0.5, 0.6) is 0 Å². The number of nitrogens with one attached hydrogen (secondary N) is 2. The minimum atomic E-state index is -1.06. The van der Waals surface area contributed by atoms with Crippen molar-refractivity contribution in [1.29, 1.82) is 0 Å². The van der Waals surface area contributed by atoms with Crippen molar-refractivity contribution in [2.24, 2.45) is 5.73 Å². The quantitative estimate of drug-likeness (QED) is 0.0923. The molecule has 0 bridgehead atoms. The van der Waals surface area contributed by atoms with E-state index in [4.69, 9.17) is 18.0 Å². The van der Waals surface area contributed by atoms with Gasteiger partial charge in [-0.25, -0.2) is 0 Å². The summed E-state index contributed by atoms with van der Waals surface area (Å²) in [6, 6.07) is 7.05. The van der Waals surface area contributed by atoms with Crippen LogP contribution < -0.4 is 16.4 Å². The van der Waals surface area contributed by atoms with Crippen LogP contribution in [-0.2, 0) is 25.6 Å². The molecule has 8 N–H and O–H groups in total. The summed E-state index contributed by atoms with van der Waals surface area (Å²) in [5.74, 6) is -4.20. The summed E-state index contributed by atoms with van der Waals surface area (Å²) in [6.45, 7) is 1.78. The predicted octanol–water partition coefficient (Wildman–Crippen LogP) is -0.817. The lowest BCUT2D eigenvalue weighted by molar-refractivity contribution is -0.142. The highest BCUT2D eigenvalue weighted by atomic mass is 32.1. The predicted molar refractivity (Wildman–Crippen MR) is 168 cm³/mol. The van der Waals surface area contributed by atoms with Crippen LogP contribution in [0.15, 0.2) is 24.3 Å². The fraction of sp³-hybridized carbons (Fsp3) is 0.607. The second-order valence-corrected chi connectivity index (χ2v) is 11.2. The van der Waals surface area contributed by atoms with Gasteiger partial charge in [0.05, 0.1) is 26.2 Å². The van der Waals surface area contributed by atoms with Gasteiger partial charge in [-0.3, -0.25) is 38.8 Å². The number of hydrogen-bond donors (Lipinski definition) is 7. The average Bonchev–Trinajstić information content (AvgIpc) is 2.93. The number of hydrogen-bond acceptors (Lipinski definition) is 10. The van der Waals surface area contributed by atoms with E-state index in [1.807, 2.05) is 24.3 Å². The molecule has 44 heavy (non-hydrogen) atoms. The van der Waals surface area contributed by atoms with Crippen molar-refractivity contribution < 1.29 is 39.6 Å². The van der Waals surface area contributed by atoms with Crippen LogP contribution in [0.2, 0.25) is 0 Å². The maximum Gasteiger partial charge on any atom is 0.317 e. The highest BCUT2D eigenvalue weighted by molar-refractivity contribution is 7.80. The van der Waals surface area contributed by atoms with Gasteiger partial charge in [-0.05, 0) is 55.7 Å². The number of nitrogens with two attached hydrogens (primary N) is 1. The van der Waals surface area contributed by atoms with Gasteiger partial charge in [-0.2, -0.15) is 0 Å². The first-order valence-electron chi connectivity index (χ1n) is 14.6. The molecule has 1 aliphatic rings. The van der Waals surface area contributed by atoms with Crippen molar-refractivity contribution in [1.82, 2.24) is 24.9 Å². The number of carboxylic acids is 4. The summed E-state index contributed by atoms with van der Waals surface area (Å²) >= 11 is 5.35. The minimum absolute atomic E-state index is 0.205. The Morgan fingerprint density at radius 3 is 1.77 bits per heavy atom. The van der Waals surface area contributed by atoms with E-state index in [1.165, 1.54) is 0 Å².